The van der Waals surface area contributed by atoms with Crippen LogP contribution in [0.4, 0.5) is 8.78 Å². The Morgan fingerprint density at radius 3 is 2.02 bits per heavy atom. The number of fused-ring (bicyclic) bond motifs is 1. The minimum Gasteiger partial charge on any atom is -0.503 e. The standard InChI is InChI=1S/C24H24F2O16S/c1-8(27)36-6-15-20(37-9(2)28)21(38-10(3)29)22(39-11(4)30)24(40-15)42-19-13(7-43(33,34)35)12-5-14(25)17(31)16(26)18(12)41-23(19)32/h5,15,20-22,24,31H,6-7H2,1-4H3,(H,33,34,35)/t15-,20+,21+,22-,24+/m1/s1. The highest BCUT2D eigenvalue weighted by Gasteiger charge is 2.53. The van der Waals surface area contributed by atoms with E-state index in [2.05, 4.69) is 0 Å². The van der Waals surface area contributed by atoms with Crippen molar-refractivity contribution < 1.29 is 78.9 Å². The Bertz CT molecular complexity index is 1620. The van der Waals surface area contributed by atoms with Gasteiger partial charge >= 0.3 is 29.5 Å². The summed E-state index contributed by atoms with van der Waals surface area (Å²) in [4.78, 5) is 60.3. The number of rotatable bonds is 9. The molecule has 3 rings (SSSR count). The molecule has 0 radical (unpaired) electrons. The van der Waals surface area contributed by atoms with Crippen LogP contribution in [0, 0.1) is 11.6 Å². The summed E-state index contributed by atoms with van der Waals surface area (Å²) in [5.41, 5.74) is -3.65. The number of hydrogen-bond donors (Lipinski definition) is 2. The van der Waals surface area contributed by atoms with Gasteiger partial charge in [-0.1, -0.05) is 0 Å². The third kappa shape index (κ3) is 7.93. The van der Waals surface area contributed by atoms with Gasteiger partial charge in [-0.2, -0.15) is 12.8 Å². The number of aromatic hydroxyl groups is 1. The van der Waals surface area contributed by atoms with Crippen LogP contribution in [0.15, 0.2) is 15.3 Å². The molecule has 1 aliphatic heterocycles. The minimum absolute atomic E-state index is 0.386. The van der Waals surface area contributed by atoms with E-state index in [9.17, 15) is 50.8 Å². The monoisotopic (exact) mass is 638 g/mol. The molecule has 236 valence electrons. The van der Waals surface area contributed by atoms with Gasteiger partial charge in [0.25, 0.3) is 10.1 Å². The van der Waals surface area contributed by atoms with Crippen LogP contribution < -0.4 is 10.4 Å². The first kappa shape index (κ1) is 33.1. The molecule has 0 spiro atoms. The number of hydrogen-bond acceptors (Lipinski definition) is 15. The highest BCUT2D eigenvalue weighted by Crippen LogP contribution is 2.36. The minimum atomic E-state index is -5.07. The van der Waals surface area contributed by atoms with E-state index in [1.54, 1.807) is 0 Å². The third-order valence-electron chi connectivity index (χ3n) is 5.64. The molecule has 43 heavy (non-hydrogen) atoms. The number of carbonyl (C=O) groups is 4. The first-order valence-electron chi connectivity index (χ1n) is 12.0. The molecule has 0 amide bonds. The smallest absolute Gasteiger partial charge is 0.379 e. The van der Waals surface area contributed by atoms with Crippen LogP contribution in [0.5, 0.6) is 11.5 Å². The SMILES string of the molecule is CC(=O)OC[C@H]1O[C@@H](Oc2c(CS(=O)(=O)O)c3cc(F)c(O)c(F)c3oc2=O)[C@H](OC(C)=O)[C@@H](OC(C)=O)[C@H]1OC(C)=O. The normalized spacial score (nSPS) is 22.0. The van der Waals surface area contributed by atoms with E-state index >= 15 is 0 Å². The van der Waals surface area contributed by atoms with Crippen LogP contribution in [-0.4, -0.2) is 79.3 Å². The van der Waals surface area contributed by atoms with Gasteiger partial charge in [-0.15, -0.1) is 0 Å². The van der Waals surface area contributed by atoms with Crippen LogP contribution in [0.25, 0.3) is 11.0 Å². The van der Waals surface area contributed by atoms with E-state index in [1.165, 1.54) is 0 Å². The molecular formula is C24H24F2O16S. The topological polar surface area (TPSA) is 228 Å². The first-order valence-corrected chi connectivity index (χ1v) is 13.6. The van der Waals surface area contributed by atoms with E-state index in [-0.39, 0.29) is 0 Å². The van der Waals surface area contributed by atoms with E-state index in [1.807, 2.05) is 0 Å². The Balaban J connectivity index is 2.27. The Kier molecular flexibility index (Phi) is 9.93. The quantitative estimate of drug-likeness (QED) is 0.166. The van der Waals surface area contributed by atoms with Gasteiger partial charge in [0, 0.05) is 38.6 Å². The average Bonchev–Trinajstić information content (AvgIpc) is 2.86. The third-order valence-corrected chi connectivity index (χ3v) is 6.29. The van der Waals surface area contributed by atoms with Gasteiger partial charge in [-0.3, -0.25) is 23.7 Å². The lowest BCUT2D eigenvalue weighted by atomic mass is 9.98. The largest absolute Gasteiger partial charge is 0.503 e. The summed E-state index contributed by atoms with van der Waals surface area (Å²) in [6.45, 7) is 3.12. The maximum atomic E-state index is 14.6. The van der Waals surface area contributed by atoms with Crippen LogP contribution in [0.3, 0.4) is 0 Å². The molecule has 0 unspecified atom stereocenters. The highest BCUT2D eigenvalue weighted by atomic mass is 32.2. The maximum absolute atomic E-state index is 14.6. The predicted molar refractivity (Wildman–Crippen MR) is 132 cm³/mol. The molecular weight excluding hydrogens is 614 g/mol. The molecule has 2 N–H and O–H groups in total. The second-order valence-corrected chi connectivity index (χ2v) is 10.5. The Hall–Kier alpha value is -4.36. The summed E-state index contributed by atoms with van der Waals surface area (Å²) in [6, 6.07) is 0.386. The maximum Gasteiger partial charge on any atom is 0.379 e. The lowest BCUT2D eigenvalue weighted by Gasteiger charge is -2.43. The number of esters is 4. The molecule has 2 heterocycles. The molecule has 1 fully saturated rings. The molecule has 19 heteroatoms. The molecule has 1 aliphatic rings. The fraction of sp³-hybridized carbons (Fsp3) is 0.458. The van der Waals surface area contributed by atoms with Crippen LogP contribution in [-0.2, 0) is 58.7 Å². The summed E-state index contributed by atoms with van der Waals surface area (Å²) < 4.78 is 98.6. The second kappa shape index (κ2) is 12.9. The van der Waals surface area contributed by atoms with E-state index in [4.69, 9.17) is 32.8 Å². The molecule has 1 saturated heterocycles. The van der Waals surface area contributed by atoms with Crippen molar-refractivity contribution in [2.24, 2.45) is 0 Å². The van der Waals surface area contributed by atoms with Gasteiger partial charge in [-0.25, -0.2) is 9.18 Å². The van der Waals surface area contributed by atoms with Gasteiger partial charge in [0.05, 0.1) is 0 Å². The summed E-state index contributed by atoms with van der Waals surface area (Å²) in [5, 5.41) is 8.80. The van der Waals surface area contributed by atoms with E-state index in [0.29, 0.717) is 6.07 Å². The van der Waals surface area contributed by atoms with Gasteiger partial charge < -0.3 is 37.9 Å². The van der Waals surface area contributed by atoms with Crippen LogP contribution in [0.2, 0.25) is 0 Å². The van der Waals surface area contributed by atoms with Crippen molar-refractivity contribution in [1.29, 1.82) is 0 Å². The van der Waals surface area contributed by atoms with Crippen LogP contribution in [0.1, 0.15) is 33.3 Å². The lowest BCUT2D eigenvalue weighted by molar-refractivity contribution is -0.288. The van der Waals surface area contributed by atoms with Crippen molar-refractivity contribution in [1.82, 2.24) is 0 Å². The summed E-state index contributed by atoms with van der Waals surface area (Å²) >= 11 is 0. The molecule has 2 aromatic rings. The number of halogens is 2. The van der Waals surface area contributed by atoms with Crippen molar-refractivity contribution in [2.45, 2.75) is 64.2 Å². The van der Waals surface area contributed by atoms with Gasteiger partial charge in [0.15, 0.2) is 29.4 Å². The van der Waals surface area contributed by atoms with Gasteiger partial charge in [-0.05, 0) is 6.07 Å². The number of benzene rings is 1. The molecule has 1 aromatic carbocycles. The Morgan fingerprint density at radius 1 is 0.930 bits per heavy atom. The fourth-order valence-electron chi connectivity index (χ4n) is 4.14. The number of carbonyl (C=O) groups excluding carboxylic acids is 4. The lowest BCUT2D eigenvalue weighted by Crippen LogP contribution is -2.63. The Labute approximate surface area is 240 Å². The van der Waals surface area contributed by atoms with Crippen LogP contribution >= 0.6 is 0 Å². The van der Waals surface area contributed by atoms with E-state index < -0.39 is 122 Å². The molecule has 16 nitrogen and oxygen atoms in total. The van der Waals surface area contributed by atoms with Crippen molar-refractivity contribution in [2.75, 3.05) is 6.61 Å². The predicted octanol–water partition coefficient (Wildman–Crippen LogP) is 0.626. The second-order valence-electron chi connectivity index (χ2n) is 9.01. The highest BCUT2D eigenvalue weighted by molar-refractivity contribution is 7.85. The summed E-state index contributed by atoms with van der Waals surface area (Å²) in [6.07, 6.45) is -8.94. The van der Waals surface area contributed by atoms with Crippen molar-refractivity contribution >= 4 is 45.0 Å². The van der Waals surface area contributed by atoms with Crippen molar-refractivity contribution in [3.63, 3.8) is 0 Å². The summed E-state index contributed by atoms with van der Waals surface area (Å²) in [7, 11) is -5.07. The number of phenols is 1. The zero-order valence-corrected chi connectivity index (χ0v) is 23.5. The number of phenolic OH excluding ortho intramolecular Hbond substituents is 1. The molecule has 0 bridgehead atoms. The van der Waals surface area contributed by atoms with E-state index in [0.717, 1.165) is 27.7 Å². The average molecular weight is 639 g/mol. The zero-order chi connectivity index (χ0) is 32.4. The molecule has 5 atom stereocenters. The number of ether oxygens (including phenoxy) is 6. The first-order chi connectivity index (χ1) is 19.9. The zero-order valence-electron chi connectivity index (χ0n) is 22.7. The molecule has 0 aliphatic carbocycles. The van der Waals surface area contributed by atoms with Crippen molar-refractivity contribution in [3.05, 3.63) is 33.7 Å². The molecule has 1 aromatic heterocycles. The molecule has 0 saturated carbocycles. The van der Waals surface area contributed by atoms with Gasteiger partial charge in [0.2, 0.25) is 24.0 Å². The van der Waals surface area contributed by atoms with Gasteiger partial charge in [0.1, 0.15) is 18.5 Å². The Morgan fingerprint density at radius 2 is 1.49 bits per heavy atom. The fourth-order valence-corrected chi connectivity index (χ4v) is 4.80. The summed E-state index contributed by atoms with van der Waals surface area (Å²) in [5.74, 6) is -11.5. The van der Waals surface area contributed by atoms with Crippen molar-refractivity contribution in [3.8, 4) is 11.5 Å².